The van der Waals surface area contributed by atoms with Crippen LogP contribution in [0.1, 0.15) is 33.6 Å². The fourth-order valence-electron chi connectivity index (χ4n) is 3.49. The van der Waals surface area contributed by atoms with Gasteiger partial charge in [-0.1, -0.05) is 0 Å². The van der Waals surface area contributed by atoms with Crippen molar-refractivity contribution in [2.24, 2.45) is 5.92 Å². The van der Waals surface area contributed by atoms with Gasteiger partial charge in [-0.2, -0.15) is 0 Å². The molecule has 0 bridgehead atoms. The number of amides is 4. The van der Waals surface area contributed by atoms with E-state index in [1.807, 2.05) is 6.92 Å². The summed E-state index contributed by atoms with van der Waals surface area (Å²) >= 11 is 0. The normalized spacial score (nSPS) is 24.3. The average molecular weight is 376 g/mol. The van der Waals surface area contributed by atoms with Crippen LogP contribution in [0.4, 0.5) is 18.4 Å². The first kappa shape index (κ1) is 20.7. The summed E-state index contributed by atoms with van der Waals surface area (Å²) in [7, 11) is 0. The lowest BCUT2D eigenvalue weighted by Gasteiger charge is -2.39. The minimum absolute atomic E-state index is 0.108. The molecule has 2 heterocycles. The Hall–Kier alpha value is -1.64. The van der Waals surface area contributed by atoms with Crippen LogP contribution in [0.25, 0.3) is 0 Å². The van der Waals surface area contributed by atoms with Gasteiger partial charge in [0.1, 0.15) is 0 Å². The molecule has 2 atom stereocenters. The second-order valence-electron chi connectivity index (χ2n) is 7.60. The minimum Gasteiger partial charge on any atom is -0.378 e. The number of ether oxygens (including phenoxy) is 1. The predicted octanol–water partition coefficient (Wildman–Crippen LogP) is 1.88. The molecule has 0 aromatic carbocycles. The molecule has 7 nitrogen and oxygen atoms in total. The van der Waals surface area contributed by atoms with E-state index in [1.165, 1.54) is 4.90 Å². The fraction of sp³-hybridized carbons (Fsp3) is 0.882. The van der Waals surface area contributed by atoms with E-state index < -0.39 is 18.5 Å². The summed E-state index contributed by atoms with van der Waals surface area (Å²) in [5.41, 5.74) is 0. The van der Waals surface area contributed by atoms with Crippen molar-refractivity contribution in [3.8, 4) is 0 Å². The lowest BCUT2D eigenvalue weighted by atomic mass is 9.90. The van der Waals surface area contributed by atoms with Crippen molar-refractivity contribution in [3.63, 3.8) is 0 Å². The number of halogens is 2. The number of morpholine rings is 1. The van der Waals surface area contributed by atoms with Crippen molar-refractivity contribution in [3.05, 3.63) is 0 Å². The molecule has 2 saturated heterocycles. The summed E-state index contributed by atoms with van der Waals surface area (Å²) < 4.78 is 33.4. The maximum Gasteiger partial charge on any atom is 0.317 e. The molecule has 26 heavy (non-hydrogen) atoms. The Kier molecular flexibility index (Phi) is 7.02. The molecule has 0 aliphatic carbocycles. The van der Waals surface area contributed by atoms with Gasteiger partial charge in [0.15, 0.2) is 0 Å². The van der Waals surface area contributed by atoms with Gasteiger partial charge in [-0.25, -0.2) is 18.4 Å². The number of rotatable bonds is 4. The van der Waals surface area contributed by atoms with Crippen LogP contribution in [-0.2, 0) is 4.74 Å². The Morgan fingerprint density at radius 2 is 1.73 bits per heavy atom. The van der Waals surface area contributed by atoms with Gasteiger partial charge in [0.05, 0.1) is 19.8 Å². The molecule has 2 aliphatic rings. The van der Waals surface area contributed by atoms with Gasteiger partial charge in [0.25, 0.3) is 5.92 Å². The largest absolute Gasteiger partial charge is 0.378 e. The van der Waals surface area contributed by atoms with Crippen LogP contribution >= 0.6 is 0 Å². The number of carbonyl (C=O) groups excluding carboxylic acids is 2. The number of urea groups is 2. The smallest absolute Gasteiger partial charge is 0.317 e. The van der Waals surface area contributed by atoms with Gasteiger partial charge in [-0.15, -0.1) is 0 Å². The van der Waals surface area contributed by atoms with Crippen molar-refractivity contribution in [2.45, 2.75) is 51.6 Å². The Morgan fingerprint density at radius 3 is 2.35 bits per heavy atom. The molecule has 2 rings (SSSR count). The Labute approximate surface area is 153 Å². The van der Waals surface area contributed by atoms with Crippen LogP contribution in [0.2, 0.25) is 0 Å². The van der Waals surface area contributed by atoms with Crippen LogP contribution in [0, 0.1) is 5.92 Å². The molecule has 0 aromatic rings. The van der Waals surface area contributed by atoms with Crippen LogP contribution in [0.3, 0.4) is 0 Å². The molecule has 2 fully saturated rings. The molecule has 0 aromatic heterocycles. The lowest BCUT2D eigenvalue weighted by Crippen LogP contribution is -2.55. The van der Waals surface area contributed by atoms with Crippen molar-refractivity contribution in [1.29, 1.82) is 0 Å². The Balaban J connectivity index is 1.87. The zero-order valence-corrected chi connectivity index (χ0v) is 15.8. The maximum atomic E-state index is 14.1. The number of likely N-dealkylation sites (tertiary alicyclic amines) is 1. The van der Waals surface area contributed by atoms with Gasteiger partial charge < -0.3 is 25.2 Å². The number of nitrogens with zero attached hydrogens (tertiary/aromatic N) is 2. The lowest BCUT2D eigenvalue weighted by molar-refractivity contribution is -0.0745. The molecule has 150 valence electrons. The second-order valence-corrected chi connectivity index (χ2v) is 7.60. The first-order valence-electron chi connectivity index (χ1n) is 9.23. The maximum absolute atomic E-state index is 14.1. The third kappa shape index (κ3) is 6.26. The van der Waals surface area contributed by atoms with E-state index >= 15 is 0 Å². The minimum atomic E-state index is -2.91. The average Bonchev–Trinajstić information content (AvgIpc) is 2.53. The molecular weight excluding hydrogens is 346 g/mol. The number of piperidine rings is 1. The topological polar surface area (TPSA) is 73.9 Å². The molecule has 2 unspecified atom stereocenters. The van der Waals surface area contributed by atoms with Gasteiger partial charge in [0.2, 0.25) is 0 Å². The van der Waals surface area contributed by atoms with E-state index in [0.29, 0.717) is 32.7 Å². The third-order valence-electron chi connectivity index (χ3n) is 4.54. The fourth-order valence-corrected chi connectivity index (χ4v) is 3.49. The molecular formula is C17H30F2N4O3. The van der Waals surface area contributed by atoms with Crippen LogP contribution in [0.5, 0.6) is 0 Å². The number of alkyl halides is 2. The first-order valence-corrected chi connectivity index (χ1v) is 9.23. The van der Waals surface area contributed by atoms with Crippen molar-refractivity contribution < 1.29 is 23.1 Å². The van der Waals surface area contributed by atoms with E-state index in [2.05, 4.69) is 10.6 Å². The highest BCUT2D eigenvalue weighted by Gasteiger charge is 2.42. The molecule has 2 N–H and O–H groups in total. The highest BCUT2D eigenvalue weighted by molar-refractivity contribution is 5.75. The summed E-state index contributed by atoms with van der Waals surface area (Å²) in [6, 6.07) is -1.02. The highest BCUT2D eigenvalue weighted by Crippen LogP contribution is 2.32. The zero-order chi connectivity index (χ0) is 19.3. The highest BCUT2D eigenvalue weighted by atomic mass is 19.3. The quantitative estimate of drug-likeness (QED) is 0.787. The predicted molar refractivity (Wildman–Crippen MR) is 93.3 cm³/mol. The molecule has 0 radical (unpaired) electrons. The van der Waals surface area contributed by atoms with Crippen molar-refractivity contribution in [1.82, 2.24) is 20.4 Å². The third-order valence-corrected chi connectivity index (χ3v) is 4.54. The Morgan fingerprint density at radius 1 is 1.12 bits per heavy atom. The standard InChI is InChI=1S/C17H30F2N4O3/c1-12(2)20-15(24)23-10-14(9-17(18,19)11-23)8-13(3)21-16(25)22-4-6-26-7-5-22/h12-14H,4-11H2,1-3H3,(H,20,24)(H,21,25). The van der Waals surface area contributed by atoms with Crippen LogP contribution in [-0.4, -0.2) is 79.3 Å². The Bertz CT molecular complexity index is 498. The van der Waals surface area contributed by atoms with E-state index in [1.54, 1.807) is 18.7 Å². The van der Waals surface area contributed by atoms with Gasteiger partial charge in [-0.05, 0) is 33.1 Å². The van der Waals surface area contributed by atoms with E-state index in [0.717, 1.165) is 0 Å². The van der Waals surface area contributed by atoms with Crippen LogP contribution < -0.4 is 10.6 Å². The SMILES string of the molecule is CC(C)NC(=O)N1CC(CC(C)NC(=O)N2CCOCC2)CC(F)(F)C1. The summed E-state index contributed by atoms with van der Waals surface area (Å²) in [5, 5.41) is 5.53. The monoisotopic (exact) mass is 376 g/mol. The van der Waals surface area contributed by atoms with Crippen molar-refractivity contribution >= 4 is 12.1 Å². The molecule has 2 aliphatic heterocycles. The second kappa shape index (κ2) is 8.83. The number of hydrogen-bond acceptors (Lipinski definition) is 3. The summed E-state index contributed by atoms with van der Waals surface area (Å²) in [4.78, 5) is 27.2. The number of carbonyl (C=O) groups is 2. The molecule has 0 saturated carbocycles. The van der Waals surface area contributed by atoms with Crippen LogP contribution in [0.15, 0.2) is 0 Å². The summed E-state index contributed by atoms with van der Waals surface area (Å²) in [6.45, 7) is 7.19. The molecule has 9 heteroatoms. The number of nitrogens with one attached hydrogen (secondary N) is 2. The van der Waals surface area contributed by atoms with E-state index in [-0.39, 0.29) is 37.0 Å². The number of hydrogen-bond donors (Lipinski definition) is 2. The van der Waals surface area contributed by atoms with E-state index in [4.69, 9.17) is 4.74 Å². The van der Waals surface area contributed by atoms with E-state index in [9.17, 15) is 18.4 Å². The molecule has 4 amide bonds. The molecule has 0 spiro atoms. The van der Waals surface area contributed by atoms with Crippen molar-refractivity contribution in [2.75, 3.05) is 39.4 Å². The first-order chi connectivity index (χ1) is 12.2. The summed E-state index contributed by atoms with van der Waals surface area (Å²) in [5.74, 6) is -3.28. The zero-order valence-electron chi connectivity index (χ0n) is 15.8. The summed E-state index contributed by atoms with van der Waals surface area (Å²) in [6.07, 6.45) is 0.132. The van der Waals surface area contributed by atoms with Gasteiger partial charge in [0, 0.05) is 38.1 Å². The van der Waals surface area contributed by atoms with Gasteiger partial charge >= 0.3 is 12.1 Å². The van der Waals surface area contributed by atoms with Gasteiger partial charge in [-0.3, -0.25) is 0 Å².